The number of aliphatic hydroxyl groups excluding tert-OH is 1. The Bertz CT molecular complexity index is 223. The quantitative estimate of drug-likeness (QED) is 0.670. The minimum atomic E-state index is -0.432. The van der Waals surface area contributed by atoms with Crippen molar-refractivity contribution >= 4 is 5.97 Å². The Kier molecular flexibility index (Phi) is 7.39. The fourth-order valence-corrected chi connectivity index (χ4v) is 1.69. The van der Waals surface area contributed by atoms with Crippen molar-refractivity contribution in [3.63, 3.8) is 0 Å². The Morgan fingerprint density at radius 1 is 1.35 bits per heavy atom. The molecule has 2 unspecified atom stereocenters. The smallest absolute Gasteiger partial charge is 0.323 e. The first-order valence-corrected chi connectivity index (χ1v) is 6.38. The van der Waals surface area contributed by atoms with Gasteiger partial charge >= 0.3 is 5.97 Å². The third-order valence-electron chi connectivity index (χ3n) is 2.43. The van der Waals surface area contributed by atoms with Crippen LogP contribution in [0.2, 0.25) is 0 Å². The molecule has 4 nitrogen and oxygen atoms in total. The van der Waals surface area contributed by atoms with E-state index in [0.717, 1.165) is 0 Å². The molecule has 0 fully saturated rings. The molecule has 0 heterocycles. The molecule has 0 bridgehead atoms. The van der Waals surface area contributed by atoms with E-state index in [0.29, 0.717) is 26.0 Å². The molecule has 0 aliphatic rings. The number of nitrogens with one attached hydrogen (secondary N) is 1. The van der Waals surface area contributed by atoms with E-state index >= 15 is 0 Å². The molecule has 0 saturated carbocycles. The van der Waals surface area contributed by atoms with Crippen LogP contribution in [0.25, 0.3) is 0 Å². The highest BCUT2D eigenvalue weighted by Gasteiger charge is 2.20. The highest BCUT2D eigenvalue weighted by atomic mass is 16.5. The summed E-state index contributed by atoms with van der Waals surface area (Å²) in [6.07, 6.45) is 0.943. The van der Waals surface area contributed by atoms with Crippen LogP contribution in [0.4, 0.5) is 0 Å². The van der Waals surface area contributed by atoms with Crippen molar-refractivity contribution in [1.82, 2.24) is 5.32 Å². The molecule has 0 aromatic rings. The van der Waals surface area contributed by atoms with Gasteiger partial charge in [0.25, 0.3) is 0 Å². The van der Waals surface area contributed by atoms with Crippen LogP contribution < -0.4 is 5.32 Å². The lowest BCUT2D eigenvalue weighted by Gasteiger charge is -2.24. The van der Waals surface area contributed by atoms with Crippen molar-refractivity contribution in [1.29, 1.82) is 0 Å². The van der Waals surface area contributed by atoms with Crippen LogP contribution in [-0.2, 0) is 9.53 Å². The zero-order valence-corrected chi connectivity index (χ0v) is 11.7. The summed E-state index contributed by atoms with van der Waals surface area (Å²) in [6.45, 7) is 10.8. The van der Waals surface area contributed by atoms with E-state index in [2.05, 4.69) is 26.1 Å². The van der Waals surface area contributed by atoms with Crippen LogP contribution in [0.3, 0.4) is 0 Å². The highest BCUT2D eigenvalue weighted by Crippen LogP contribution is 2.20. The van der Waals surface area contributed by atoms with E-state index in [-0.39, 0.29) is 17.4 Å². The van der Waals surface area contributed by atoms with Gasteiger partial charge in [-0.2, -0.15) is 0 Å². The molecule has 0 aromatic heterocycles. The summed E-state index contributed by atoms with van der Waals surface area (Å²) in [5, 5.41) is 12.9. The van der Waals surface area contributed by atoms with Crippen molar-refractivity contribution < 1.29 is 14.6 Å². The summed E-state index contributed by atoms with van der Waals surface area (Å²) in [6, 6.07) is -0.315. The lowest BCUT2D eigenvalue weighted by Crippen LogP contribution is -2.42. The maximum absolute atomic E-state index is 11.5. The molecule has 0 radical (unpaired) electrons. The second kappa shape index (κ2) is 7.67. The third-order valence-corrected chi connectivity index (χ3v) is 2.43. The third kappa shape index (κ3) is 8.16. The van der Waals surface area contributed by atoms with E-state index in [1.165, 1.54) is 0 Å². The number of rotatable bonds is 7. The van der Waals surface area contributed by atoms with Crippen molar-refractivity contribution in [2.24, 2.45) is 5.41 Å². The maximum atomic E-state index is 11.5. The molecule has 17 heavy (non-hydrogen) atoms. The van der Waals surface area contributed by atoms with Crippen molar-refractivity contribution in [3.8, 4) is 0 Å². The van der Waals surface area contributed by atoms with Crippen LogP contribution in [-0.4, -0.2) is 36.4 Å². The second-order valence-electron chi connectivity index (χ2n) is 5.54. The second-order valence-corrected chi connectivity index (χ2v) is 5.54. The number of hydrogen-bond acceptors (Lipinski definition) is 4. The van der Waals surface area contributed by atoms with Crippen molar-refractivity contribution in [3.05, 3.63) is 0 Å². The summed E-state index contributed by atoms with van der Waals surface area (Å²) in [7, 11) is 0. The van der Waals surface area contributed by atoms with Gasteiger partial charge in [0.05, 0.1) is 12.7 Å². The number of ether oxygens (including phenoxy) is 1. The van der Waals surface area contributed by atoms with E-state index in [1.807, 2.05) is 6.92 Å². The maximum Gasteiger partial charge on any atom is 0.323 e. The number of aliphatic hydroxyl groups is 1. The molecule has 2 N–H and O–H groups in total. The van der Waals surface area contributed by atoms with Gasteiger partial charge in [-0.15, -0.1) is 0 Å². The molecule has 0 aliphatic heterocycles. The summed E-state index contributed by atoms with van der Waals surface area (Å²) < 4.78 is 4.95. The number of esters is 1. The molecule has 0 aromatic carbocycles. The van der Waals surface area contributed by atoms with Crippen molar-refractivity contribution in [2.75, 3.05) is 13.2 Å². The van der Waals surface area contributed by atoms with Gasteiger partial charge in [0, 0.05) is 6.54 Å². The first-order chi connectivity index (χ1) is 7.80. The summed E-state index contributed by atoms with van der Waals surface area (Å²) in [5.74, 6) is -0.238. The molecule has 102 valence electrons. The lowest BCUT2D eigenvalue weighted by atomic mass is 9.89. The SMILES string of the molecule is CCOC(=O)C(CC)NCC(O)CC(C)(C)C. The molecule has 0 rings (SSSR count). The van der Waals surface area contributed by atoms with Gasteiger partial charge in [-0.25, -0.2) is 0 Å². The van der Waals surface area contributed by atoms with Gasteiger partial charge in [-0.05, 0) is 25.2 Å². The zero-order chi connectivity index (χ0) is 13.5. The van der Waals surface area contributed by atoms with Crippen LogP contribution in [0.1, 0.15) is 47.5 Å². The monoisotopic (exact) mass is 245 g/mol. The Morgan fingerprint density at radius 3 is 2.35 bits per heavy atom. The summed E-state index contributed by atoms with van der Waals surface area (Å²) >= 11 is 0. The van der Waals surface area contributed by atoms with Gasteiger partial charge in [0.15, 0.2) is 0 Å². The van der Waals surface area contributed by atoms with E-state index < -0.39 is 6.10 Å². The molecular formula is C13H27NO3. The Labute approximate surface area is 105 Å². The molecule has 0 spiro atoms. The van der Waals surface area contributed by atoms with Crippen LogP contribution in [0.15, 0.2) is 0 Å². The van der Waals surface area contributed by atoms with Gasteiger partial charge in [0.1, 0.15) is 6.04 Å². The van der Waals surface area contributed by atoms with Crippen LogP contribution >= 0.6 is 0 Å². The van der Waals surface area contributed by atoms with Gasteiger partial charge in [0.2, 0.25) is 0 Å². The fourth-order valence-electron chi connectivity index (χ4n) is 1.69. The topological polar surface area (TPSA) is 58.6 Å². The average Bonchev–Trinajstić information content (AvgIpc) is 2.16. The lowest BCUT2D eigenvalue weighted by molar-refractivity contribution is -0.145. The zero-order valence-electron chi connectivity index (χ0n) is 11.7. The largest absolute Gasteiger partial charge is 0.465 e. The molecule has 0 amide bonds. The van der Waals surface area contributed by atoms with Crippen LogP contribution in [0, 0.1) is 5.41 Å². The molecular weight excluding hydrogens is 218 g/mol. The minimum absolute atomic E-state index is 0.0900. The predicted octanol–water partition coefficient (Wildman–Crippen LogP) is 1.71. The molecule has 0 aliphatic carbocycles. The highest BCUT2D eigenvalue weighted by molar-refractivity contribution is 5.75. The van der Waals surface area contributed by atoms with Gasteiger partial charge < -0.3 is 15.2 Å². The fraction of sp³-hybridized carbons (Fsp3) is 0.923. The number of carbonyl (C=O) groups is 1. The normalized spacial score (nSPS) is 15.4. The van der Waals surface area contributed by atoms with Gasteiger partial charge in [-0.1, -0.05) is 27.7 Å². The summed E-state index contributed by atoms with van der Waals surface area (Å²) in [5.41, 5.74) is 0.0900. The van der Waals surface area contributed by atoms with Crippen LogP contribution in [0.5, 0.6) is 0 Å². The van der Waals surface area contributed by atoms with E-state index in [1.54, 1.807) is 6.92 Å². The van der Waals surface area contributed by atoms with Gasteiger partial charge in [-0.3, -0.25) is 4.79 Å². The molecule has 4 heteroatoms. The number of carbonyl (C=O) groups excluding carboxylic acids is 1. The predicted molar refractivity (Wildman–Crippen MR) is 68.8 cm³/mol. The Balaban J connectivity index is 4.02. The Morgan fingerprint density at radius 2 is 1.94 bits per heavy atom. The molecule has 2 atom stereocenters. The first-order valence-electron chi connectivity index (χ1n) is 6.38. The minimum Gasteiger partial charge on any atom is -0.465 e. The average molecular weight is 245 g/mol. The Hall–Kier alpha value is -0.610. The molecule has 0 saturated heterocycles. The van der Waals surface area contributed by atoms with E-state index in [4.69, 9.17) is 4.74 Å². The van der Waals surface area contributed by atoms with Crippen molar-refractivity contribution in [2.45, 2.75) is 59.6 Å². The standard InChI is InChI=1S/C13H27NO3/c1-6-11(12(16)17-7-2)14-9-10(15)8-13(3,4)5/h10-11,14-15H,6-9H2,1-5H3. The van der Waals surface area contributed by atoms with E-state index in [9.17, 15) is 9.90 Å². The summed E-state index contributed by atoms with van der Waals surface area (Å²) in [4.78, 5) is 11.5. The number of hydrogen-bond donors (Lipinski definition) is 2. The first kappa shape index (κ1) is 16.4.